The summed E-state index contributed by atoms with van der Waals surface area (Å²) in [6, 6.07) is 13.4. The molecule has 0 atom stereocenters. The number of pyridine rings is 1. The van der Waals surface area contributed by atoms with Gasteiger partial charge in [0, 0.05) is 37.6 Å². The molecule has 0 saturated carbocycles. The van der Waals surface area contributed by atoms with Gasteiger partial charge in [0.2, 0.25) is 0 Å². The Labute approximate surface area is 166 Å². The van der Waals surface area contributed by atoms with Crippen molar-refractivity contribution in [1.82, 2.24) is 34.6 Å². The second-order valence-corrected chi connectivity index (χ2v) is 6.74. The number of anilines is 1. The maximum Gasteiger partial charge on any atom is 0.272 e. The van der Waals surface area contributed by atoms with Crippen molar-refractivity contribution in [1.29, 1.82) is 0 Å². The molecule has 1 aromatic carbocycles. The number of carbonyl (C=O) groups is 1. The van der Waals surface area contributed by atoms with Crippen LogP contribution in [-0.4, -0.2) is 66.7 Å². The molecule has 1 aliphatic rings. The molecule has 9 heteroatoms. The number of rotatable bonds is 3. The van der Waals surface area contributed by atoms with Crippen molar-refractivity contribution in [3.8, 4) is 5.82 Å². The van der Waals surface area contributed by atoms with Gasteiger partial charge in [0.15, 0.2) is 5.82 Å². The first-order chi connectivity index (χ1) is 14.3. The Morgan fingerprint density at radius 3 is 2.55 bits per heavy atom. The van der Waals surface area contributed by atoms with E-state index in [9.17, 15) is 4.79 Å². The lowest BCUT2D eigenvalue weighted by Gasteiger charge is -2.35. The Balaban J connectivity index is 1.28. The molecule has 4 heterocycles. The van der Waals surface area contributed by atoms with Gasteiger partial charge in [-0.25, -0.2) is 24.6 Å². The van der Waals surface area contributed by atoms with Crippen molar-refractivity contribution >= 4 is 22.6 Å². The Morgan fingerprint density at radius 1 is 0.897 bits per heavy atom. The Morgan fingerprint density at radius 2 is 1.72 bits per heavy atom. The van der Waals surface area contributed by atoms with E-state index in [2.05, 4.69) is 29.9 Å². The van der Waals surface area contributed by atoms with Crippen molar-refractivity contribution < 1.29 is 4.79 Å². The number of para-hydroxylation sites is 1. The number of hydrogen-bond donors (Lipinski definition) is 0. The summed E-state index contributed by atoms with van der Waals surface area (Å²) < 4.78 is 1.59. The minimum absolute atomic E-state index is 0.0404. The summed E-state index contributed by atoms with van der Waals surface area (Å²) in [7, 11) is 0. The maximum atomic E-state index is 12.9. The first kappa shape index (κ1) is 17.2. The van der Waals surface area contributed by atoms with Gasteiger partial charge in [-0.05, 0) is 12.1 Å². The molecule has 144 valence electrons. The number of benzene rings is 1. The van der Waals surface area contributed by atoms with E-state index in [0.29, 0.717) is 37.7 Å². The smallest absolute Gasteiger partial charge is 0.272 e. The normalized spacial score (nSPS) is 14.3. The minimum atomic E-state index is -0.0404. The summed E-state index contributed by atoms with van der Waals surface area (Å²) in [6.45, 7) is 2.59. The molecule has 5 rings (SSSR count). The molecular weight excluding hydrogens is 368 g/mol. The van der Waals surface area contributed by atoms with Gasteiger partial charge < -0.3 is 9.80 Å². The van der Waals surface area contributed by atoms with Crippen LogP contribution in [0.1, 0.15) is 10.5 Å². The summed E-state index contributed by atoms with van der Waals surface area (Å²) >= 11 is 0. The molecule has 1 fully saturated rings. The van der Waals surface area contributed by atoms with E-state index in [4.69, 9.17) is 0 Å². The Kier molecular flexibility index (Phi) is 4.32. The first-order valence-corrected chi connectivity index (χ1v) is 9.35. The Bertz CT molecular complexity index is 1150. The number of carbonyl (C=O) groups excluding carboxylic acids is 1. The zero-order valence-corrected chi connectivity index (χ0v) is 15.6. The number of fused-ring (bicyclic) bond motifs is 1. The number of piperazine rings is 1. The van der Waals surface area contributed by atoms with Crippen molar-refractivity contribution in [2.24, 2.45) is 0 Å². The number of nitrogens with zero attached hydrogens (tertiary/aromatic N) is 8. The van der Waals surface area contributed by atoms with Crippen LogP contribution >= 0.6 is 0 Å². The molecule has 9 nitrogen and oxygen atoms in total. The fourth-order valence-corrected chi connectivity index (χ4v) is 3.45. The highest BCUT2D eigenvalue weighted by Crippen LogP contribution is 2.17. The fraction of sp³-hybridized carbons (Fsp3) is 0.200. The van der Waals surface area contributed by atoms with E-state index in [1.165, 1.54) is 12.7 Å². The standard InChI is InChI=1S/C20H18N8O/c29-20(17-6-5-15-3-1-2-4-16(15)25-17)27-9-7-26(8-10-27)18-11-19(23-13-22-18)28-14-21-12-24-28/h1-6,11-14H,7-10H2. The summed E-state index contributed by atoms with van der Waals surface area (Å²) in [4.78, 5) is 34.0. The van der Waals surface area contributed by atoms with Gasteiger partial charge in [0.25, 0.3) is 5.91 Å². The van der Waals surface area contributed by atoms with Crippen LogP contribution in [0.4, 0.5) is 5.82 Å². The molecular formula is C20H18N8O. The highest BCUT2D eigenvalue weighted by atomic mass is 16.2. The zero-order chi connectivity index (χ0) is 19.6. The maximum absolute atomic E-state index is 12.9. The molecule has 4 aromatic rings. The van der Waals surface area contributed by atoms with Crippen LogP contribution in [0.3, 0.4) is 0 Å². The van der Waals surface area contributed by atoms with Crippen LogP contribution in [0.5, 0.6) is 0 Å². The van der Waals surface area contributed by atoms with Gasteiger partial charge in [-0.15, -0.1) is 0 Å². The molecule has 0 bridgehead atoms. The van der Waals surface area contributed by atoms with Gasteiger partial charge in [-0.3, -0.25) is 4.79 Å². The third-order valence-corrected chi connectivity index (χ3v) is 5.00. The molecule has 0 aliphatic carbocycles. The molecule has 0 N–H and O–H groups in total. The topological polar surface area (TPSA) is 92.9 Å². The third kappa shape index (κ3) is 3.38. The van der Waals surface area contributed by atoms with E-state index >= 15 is 0 Å². The lowest BCUT2D eigenvalue weighted by atomic mass is 10.2. The van der Waals surface area contributed by atoms with Crippen LogP contribution in [-0.2, 0) is 0 Å². The third-order valence-electron chi connectivity index (χ3n) is 5.00. The quantitative estimate of drug-likeness (QED) is 0.528. The Hall–Kier alpha value is -3.88. The monoisotopic (exact) mass is 386 g/mol. The van der Waals surface area contributed by atoms with Crippen molar-refractivity contribution in [2.75, 3.05) is 31.1 Å². The molecule has 1 amide bonds. The number of hydrogen-bond acceptors (Lipinski definition) is 7. The molecule has 0 spiro atoms. The number of amides is 1. The second kappa shape index (κ2) is 7.27. The lowest BCUT2D eigenvalue weighted by molar-refractivity contribution is 0.0741. The molecule has 1 saturated heterocycles. The first-order valence-electron chi connectivity index (χ1n) is 9.35. The average molecular weight is 386 g/mol. The van der Waals surface area contributed by atoms with Crippen LogP contribution in [0, 0.1) is 0 Å². The van der Waals surface area contributed by atoms with E-state index in [1.807, 2.05) is 41.3 Å². The summed E-state index contributed by atoms with van der Waals surface area (Å²) in [6.07, 6.45) is 4.58. The summed E-state index contributed by atoms with van der Waals surface area (Å²) in [5, 5.41) is 5.13. The predicted octanol–water partition coefficient (Wildman–Crippen LogP) is 1.57. The lowest BCUT2D eigenvalue weighted by Crippen LogP contribution is -2.49. The fourth-order valence-electron chi connectivity index (χ4n) is 3.45. The highest BCUT2D eigenvalue weighted by Gasteiger charge is 2.24. The van der Waals surface area contributed by atoms with E-state index in [-0.39, 0.29) is 5.91 Å². The SMILES string of the molecule is O=C(c1ccc2ccccc2n1)N1CCN(c2cc(-n3cncn3)ncn2)CC1. The van der Waals surface area contributed by atoms with Gasteiger partial charge in [0.05, 0.1) is 5.52 Å². The molecule has 0 unspecified atom stereocenters. The van der Waals surface area contributed by atoms with Crippen molar-refractivity contribution in [2.45, 2.75) is 0 Å². The molecule has 3 aromatic heterocycles. The summed E-state index contributed by atoms with van der Waals surface area (Å²) in [5.74, 6) is 1.43. The number of aromatic nitrogens is 6. The molecule has 1 aliphatic heterocycles. The van der Waals surface area contributed by atoms with Crippen LogP contribution < -0.4 is 4.90 Å². The van der Waals surface area contributed by atoms with E-state index in [0.717, 1.165) is 16.7 Å². The largest absolute Gasteiger partial charge is 0.353 e. The molecule has 0 radical (unpaired) electrons. The van der Waals surface area contributed by atoms with Gasteiger partial charge in [-0.2, -0.15) is 5.10 Å². The second-order valence-electron chi connectivity index (χ2n) is 6.74. The van der Waals surface area contributed by atoms with E-state index in [1.54, 1.807) is 17.1 Å². The van der Waals surface area contributed by atoms with Gasteiger partial charge >= 0.3 is 0 Å². The minimum Gasteiger partial charge on any atom is -0.353 e. The van der Waals surface area contributed by atoms with Crippen LogP contribution in [0.25, 0.3) is 16.7 Å². The molecule has 29 heavy (non-hydrogen) atoms. The predicted molar refractivity (Wildman–Crippen MR) is 107 cm³/mol. The van der Waals surface area contributed by atoms with Gasteiger partial charge in [0.1, 0.15) is 30.5 Å². The van der Waals surface area contributed by atoms with Crippen LogP contribution in [0.15, 0.2) is 61.4 Å². The van der Waals surface area contributed by atoms with Crippen LogP contribution in [0.2, 0.25) is 0 Å². The van der Waals surface area contributed by atoms with E-state index < -0.39 is 0 Å². The highest BCUT2D eigenvalue weighted by molar-refractivity contribution is 5.95. The average Bonchev–Trinajstić information content (AvgIpc) is 3.34. The van der Waals surface area contributed by atoms with Crippen molar-refractivity contribution in [3.05, 3.63) is 67.1 Å². The zero-order valence-electron chi connectivity index (χ0n) is 15.6. The van der Waals surface area contributed by atoms with Gasteiger partial charge in [-0.1, -0.05) is 24.3 Å². The summed E-state index contributed by atoms with van der Waals surface area (Å²) in [5.41, 5.74) is 1.31. The van der Waals surface area contributed by atoms with Crippen molar-refractivity contribution in [3.63, 3.8) is 0 Å².